The molecule has 0 radical (unpaired) electrons. The molecule has 5 heteroatoms. The Morgan fingerprint density at radius 3 is 2.47 bits per heavy atom. The summed E-state index contributed by atoms with van der Waals surface area (Å²) in [4.78, 5) is 0. The first kappa shape index (κ1) is 13.7. The second kappa shape index (κ2) is 5.31. The lowest BCUT2D eigenvalue weighted by Crippen LogP contribution is -2.16. The second-order valence-corrected chi connectivity index (χ2v) is 3.60. The summed E-state index contributed by atoms with van der Waals surface area (Å²) < 4.78 is 50.3. The maximum Gasteiger partial charge on any atom is 0.419 e. The SMILES string of the molecule is C=CCC(NC)c1ccc(C(F)(F)F)c(F)c1. The predicted molar refractivity (Wildman–Crippen MR) is 58.0 cm³/mol. The molecule has 1 rings (SSSR count). The molecule has 0 aliphatic carbocycles. The van der Waals surface area contributed by atoms with Crippen LogP contribution < -0.4 is 5.32 Å². The van der Waals surface area contributed by atoms with Crippen LogP contribution in [0, 0.1) is 5.82 Å². The van der Waals surface area contributed by atoms with Gasteiger partial charge in [0, 0.05) is 6.04 Å². The maximum absolute atomic E-state index is 13.3. The molecular weight excluding hydrogens is 234 g/mol. The van der Waals surface area contributed by atoms with E-state index >= 15 is 0 Å². The molecule has 1 aromatic carbocycles. The molecule has 1 atom stereocenters. The van der Waals surface area contributed by atoms with Gasteiger partial charge in [0.05, 0.1) is 5.56 Å². The fraction of sp³-hybridized carbons (Fsp3) is 0.333. The molecule has 0 bridgehead atoms. The van der Waals surface area contributed by atoms with E-state index in [4.69, 9.17) is 0 Å². The van der Waals surface area contributed by atoms with E-state index in [1.54, 1.807) is 13.1 Å². The predicted octanol–water partition coefficient (Wildman–Crippen LogP) is 3.68. The second-order valence-electron chi connectivity index (χ2n) is 3.60. The first-order chi connectivity index (χ1) is 7.90. The highest BCUT2D eigenvalue weighted by Gasteiger charge is 2.34. The van der Waals surface area contributed by atoms with Crippen molar-refractivity contribution in [2.24, 2.45) is 0 Å². The van der Waals surface area contributed by atoms with E-state index in [9.17, 15) is 17.6 Å². The van der Waals surface area contributed by atoms with Crippen molar-refractivity contribution in [3.8, 4) is 0 Å². The summed E-state index contributed by atoms with van der Waals surface area (Å²) >= 11 is 0. The van der Waals surface area contributed by atoms with E-state index in [2.05, 4.69) is 11.9 Å². The first-order valence-electron chi connectivity index (χ1n) is 5.05. The molecule has 0 aromatic heterocycles. The van der Waals surface area contributed by atoms with Crippen LogP contribution in [0.3, 0.4) is 0 Å². The number of nitrogens with one attached hydrogen (secondary N) is 1. The minimum Gasteiger partial charge on any atom is -0.313 e. The van der Waals surface area contributed by atoms with E-state index in [-0.39, 0.29) is 6.04 Å². The van der Waals surface area contributed by atoms with Gasteiger partial charge in [-0.2, -0.15) is 13.2 Å². The Morgan fingerprint density at radius 1 is 1.41 bits per heavy atom. The van der Waals surface area contributed by atoms with Gasteiger partial charge in [0.1, 0.15) is 5.82 Å². The number of halogens is 4. The van der Waals surface area contributed by atoms with Crippen molar-refractivity contribution in [1.29, 1.82) is 0 Å². The van der Waals surface area contributed by atoms with Crippen molar-refractivity contribution in [2.75, 3.05) is 7.05 Å². The van der Waals surface area contributed by atoms with Gasteiger partial charge in [0.15, 0.2) is 0 Å². The Hall–Kier alpha value is -1.36. The first-order valence-corrected chi connectivity index (χ1v) is 5.05. The monoisotopic (exact) mass is 247 g/mol. The molecule has 0 fully saturated rings. The summed E-state index contributed by atoms with van der Waals surface area (Å²) in [6.07, 6.45) is -2.52. The average molecular weight is 247 g/mol. The van der Waals surface area contributed by atoms with Gasteiger partial charge in [-0.3, -0.25) is 0 Å². The molecule has 1 unspecified atom stereocenters. The van der Waals surface area contributed by atoms with Crippen LogP contribution in [-0.4, -0.2) is 7.05 Å². The average Bonchev–Trinajstić information content (AvgIpc) is 2.23. The van der Waals surface area contributed by atoms with Crippen LogP contribution in [0.2, 0.25) is 0 Å². The molecule has 0 heterocycles. The van der Waals surface area contributed by atoms with Crippen LogP contribution in [0.5, 0.6) is 0 Å². The van der Waals surface area contributed by atoms with Gasteiger partial charge in [0.2, 0.25) is 0 Å². The quantitative estimate of drug-likeness (QED) is 0.632. The molecule has 0 spiro atoms. The minimum atomic E-state index is -4.66. The molecule has 94 valence electrons. The molecule has 0 saturated carbocycles. The van der Waals surface area contributed by atoms with Gasteiger partial charge < -0.3 is 5.32 Å². The minimum absolute atomic E-state index is 0.232. The summed E-state index contributed by atoms with van der Waals surface area (Å²) in [7, 11) is 1.66. The fourth-order valence-corrected chi connectivity index (χ4v) is 1.57. The van der Waals surface area contributed by atoms with Gasteiger partial charge in [-0.1, -0.05) is 12.1 Å². The van der Waals surface area contributed by atoms with E-state index in [1.165, 1.54) is 6.07 Å². The third-order valence-corrected chi connectivity index (χ3v) is 2.45. The molecule has 0 aliphatic rings. The van der Waals surface area contributed by atoms with Crippen molar-refractivity contribution in [1.82, 2.24) is 5.32 Å². The maximum atomic E-state index is 13.3. The summed E-state index contributed by atoms with van der Waals surface area (Å²) in [6.45, 7) is 3.54. The zero-order valence-electron chi connectivity index (χ0n) is 9.31. The van der Waals surface area contributed by atoms with Crippen molar-refractivity contribution < 1.29 is 17.6 Å². The molecule has 1 nitrogen and oxygen atoms in total. The largest absolute Gasteiger partial charge is 0.419 e. The van der Waals surface area contributed by atoms with Crippen LogP contribution in [0.15, 0.2) is 30.9 Å². The highest BCUT2D eigenvalue weighted by molar-refractivity contribution is 5.28. The van der Waals surface area contributed by atoms with E-state index in [0.717, 1.165) is 12.1 Å². The van der Waals surface area contributed by atoms with E-state index < -0.39 is 17.6 Å². The molecule has 17 heavy (non-hydrogen) atoms. The van der Waals surface area contributed by atoms with Crippen molar-refractivity contribution >= 4 is 0 Å². The Labute approximate surface area is 97.1 Å². The van der Waals surface area contributed by atoms with E-state index in [1.807, 2.05) is 0 Å². The number of hydrogen-bond acceptors (Lipinski definition) is 1. The molecule has 0 saturated heterocycles. The zero-order valence-corrected chi connectivity index (χ0v) is 9.31. The lowest BCUT2D eigenvalue weighted by molar-refractivity contribution is -0.140. The van der Waals surface area contributed by atoms with Crippen molar-refractivity contribution in [3.63, 3.8) is 0 Å². The third-order valence-electron chi connectivity index (χ3n) is 2.45. The zero-order chi connectivity index (χ0) is 13.1. The normalized spacial score (nSPS) is 13.5. The molecule has 0 aliphatic heterocycles. The van der Waals surface area contributed by atoms with Crippen LogP contribution >= 0.6 is 0 Å². The Balaban J connectivity index is 3.07. The number of hydrogen-bond donors (Lipinski definition) is 1. The lowest BCUT2D eigenvalue weighted by atomic mass is 10.0. The summed E-state index contributed by atoms with van der Waals surface area (Å²) in [5, 5.41) is 2.89. The van der Waals surface area contributed by atoms with Gasteiger partial charge in [-0.15, -0.1) is 6.58 Å². The molecule has 1 N–H and O–H groups in total. The highest BCUT2D eigenvalue weighted by atomic mass is 19.4. The summed E-state index contributed by atoms with van der Waals surface area (Å²) in [5.74, 6) is -1.25. The van der Waals surface area contributed by atoms with Crippen molar-refractivity contribution in [2.45, 2.75) is 18.6 Å². The molecular formula is C12H13F4N. The fourth-order valence-electron chi connectivity index (χ4n) is 1.57. The number of benzene rings is 1. The Morgan fingerprint density at radius 2 is 2.06 bits per heavy atom. The van der Waals surface area contributed by atoms with E-state index in [0.29, 0.717) is 12.0 Å². The van der Waals surface area contributed by atoms with Gasteiger partial charge in [-0.25, -0.2) is 4.39 Å². The van der Waals surface area contributed by atoms with Crippen molar-refractivity contribution in [3.05, 3.63) is 47.8 Å². The smallest absolute Gasteiger partial charge is 0.313 e. The molecule has 0 amide bonds. The third kappa shape index (κ3) is 3.30. The van der Waals surface area contributed by atoms with Gasteiger partial charge in [-0.05, 0) is 31.2 Å². The number of alkyl halides is 3. The summed E-state index contributed by atoms with van der Waals surface area (Å²) in [5.41, 5.74) is -0.771. The lowest BCUT2D eigenvalue weighted by Gasteiger charge is -2.16. The standard InChI is InChI=1S/C12H13F4N/c1-3-4-11(17-2)8-5-6-9(10(13)7-8)12(14,15)16/h3,5-7,11,17H,1,4H2,2H3. The Kier molecular flexibility index (Phi) is 4.28. The summed E-state index contributed by atoms with van der Waals surface area (Å²) in [6, 6.07) is 2.71. The molecule has 1 aromatic rings. The van der Waals surface area contributed by atoms with Gasteiger partial charge >= 0.3 is 6.18 Å². The van der Waals surface area contributed by atoms with Crippen LogP contribution in [0.1, 0.15) is 23.6 Å². The topological polar surface area (TPSA) is 12.0 Å². The van der Waals surface area contributed by atoms with Gasteiger partial charge in [0.25, 0.3) is 0 Å². The highest BCUT2D eigenvalue weighted by Crippen LogP contribution is 2.32. The Bertz CT molecular complexity index is 398. The van der Waals surface area contributed by atoms with Crippen LogP contribution in [0.4, 0.5) is 17.6 Å². The van der Waals surface area contributed by atoms with Crippen LogP contribution in [-0.2, 0) is 6.18 Å². The van der Waals surface area contributed by atoms with Crippen LogP contribution in [0.25, 0.3) is 0 Å². The number of rotatable bonds is 4.